The van der Waals surface area contributed by atoms with Gasteiger partial charge in [-0.1, -0.05) is 20.8 Å². The van der Waals surface area contributed by atoms with Crippen LogP contribution in [-0.2, 0) is 9.84 Å². The molecule has 3 nitrogen and oxygen atoms in total. The van der Waals surface area contributed by atoms with E-state index in [1.165, 1.54) is 6.26 Å². The summed E-state index contributed by atoms with van der Waals surface area (Å²) in [5.41, 5.74) is -0.305. The minimum absolute atomic E-state index is 0.192. The number of aliphatic hydroxyl groups is 1. The van der Waals surface area contributed by atoms with Crippen LogP contribution in [-0.4, -0.2) is 31.1 Å². The summed E-state index contributed by atoms with van der Waals surface area (Å²) in [6.07, 6.45) is 6.20. The van der Waals surface area contributed by atoms with Gasteiger partial charge < -0.3 is 5.11 Å². The SMILES string of the molecule is CC(C)(C)C1CCC(O)(CCCS(C)(=O)=O)CC1. The van der Waals surface area contributed by atoms with Crippen LogP contribution in [0, 0.1) is 11.3 Å². The minimum Gasteiger partial charge on any atom is -0.390 e. The molecule has 0 spiro atoms. The zero-order valence-corrected chi connectivity index (χ0v) is 13.0. The van der Waals surface area contributed by atoms with E-state index in [0.29, 0.717) is 24.2 Å². The van der Waals surface area contributed by atoms with Crippen LogP contribution < -0.4 is 0 Å². The highest BCUT2D eigenvalue weighted by atomic mass is 32.2. The van der Waals surface area contributed by atoms with E-state index in [9.17, 15) is 13.5 Å². The molecule has 0 aromatic heterocycles. The van der Waals surface area contributed by atoms with E-state index < -0.39 is 15.4 Å². The summed E-state index contributed by atoms with van der Waals surface area (Å²) in [6, 6.07) is 0. The lowest BCUT2D eigenvalue weighted by atomic mass is 9.67. The molecule has 1 rings (SSSR count). The zero-order valence-electron chi connectivity index (χ0n) is 12.2. The molecule has 0 aromatic carbocycles. The Morgan fingerprint density at radius 2 is 1.72 bits per heavy atom. The van der Waals surface area contributed by atoms with Gasteiger partial charge in [0.05, 0.1) is 5.60 Å². The zero-order chi connectivity index (χ0) is 14.0. The third-order valence-electron chi connectivity index (χ3n) is 4.30. The van der Waals surface area contributed by atoms with E-state index >= 15 is 0 Å². The van der Waals surface area contributed by atoms with Gasteiger partial charge in [0.25, 0.3) is 0 Å². The Hall–Kier alpha value is -0.0900. The van der Waals surface area contributed by atoms with Gasteiger partial charge in [0.2, 0.25) is 0 Å². The van der Waals surface area contributed by atoms with Crippen molar-refractivity contribution < 1.29 is 13.5 Å². The smallest absolute Gasteiger partial charge is 0.147 e. The normalized spacial score (nSPS) is 30.4. The summed E-state index contributed by atoms with van der Waals surface area (Å²) >= 11 is 0. The molecule has 1 fully saturated rings. The summed E-state index contributed by atoms with van der Waals surface area (Å²) in [5.74, 6) is 0.866. The maximum absolute atomic E-state index is 11.1. The molecule has 18 heavy (non-hydrogen) atoms. The van der Waals surface area contributed by atoms with Crippen molar-refractivity contribution in [3.05, 3.63) is 0 Å². The van der Waals surface area contributed by atoms with Crippen LogP contribution in [0.25, 0.3) is 0 Å². The van der Waals surface area contributed by atoms with E-state index in [0.717, 1.165) is 25.7 Å². The third kappa shape index (κ3) is 5.27. The maximum Gasteiger partial charge on any atom is 0.147 e. The van der Waals surface area contributed by atoms with Crippen LogP contribution in [0.2, 0.25) is 0 Å². The molecule has 0 aromatic rings. The lowest BCUT2D eigenvalue weighted by Crippen LogP contribution is -2.37. The predicted octanol–water partition coefficient (Wildman–Crippen LogP) is 2.78. The Kier molecular flexibility index (Phi) is 4.87. The number of rotatable bonds is 4. The van der Waals surface area contributed by atoms with Crippen molar-refractivity contribution in [2.75, 3.05) is 12.0 Å². The predicted molar refractivity (Wildman–Crippen MR) is 75.3 cm³/mol. The Morgan fingerprint density at radius 3 is 2.11 bits per heavy atom. The summed E-state index contributed by atoms with van der Waals surface area (Å²) in [5, 5.41) is 10.5. The quantitative estimate of drug-likeness (QED) is 0.859. The second-order valence-corrected chi connectivity index (χ2v) is 9.36. The first kappa shape index (κ1) is 16.0. The Morgan fingerprint density at radius 1 is 1.22 bits per heavy atom. The van der Waals surface area contributed by atoms with Gasteiger partial charge in [-0.25, -0.2) is 8.42 Å². The van der Waals surface area contributed by atoms with Crippen LogP contribution in [0.5, 0.6) is 0 Å². The molecule has 108 valence electrons. The molecule has 4 heteroatoms. The van der Waals surface area contributed by atoms with Crippen molar-refractivity contribution >= 4 is 9.84 Å². The standard InChI is InChI=1S/C14H28O3S/c1-13(2,3)12-6-9-14(15,10-7-12)8-5-11-18(4,16)17/h12,15H,5-11H2,1-4H3. The largest absolute Gasteiger partial charge is 0.390 e. The van der Waals surface area contributed by atoms with Crippen LogP contribution in [0.15, 0.2) is 0 Å². The summed E-state index contributed by atoms with van der Waals surface area (Å²) in [4.78, 5) is 0. The Bertz CT molecular complexity index is 357. The second kappa shape index (κ2) is 5.49. The fourth-order valence-electron chi connectivity index (χ4n) is 2.93. The highest BCUT2D eigenvalue weighted by Gasteiger charge is 2.36. The first-order valence-electron chi connectivity index (χ1n) is 6.92. The molecule has 0 amide bonds. The topological polar surface area (TPSA) is 54.4 Å². The van der Waals surface area contributed by atoms with E-state index in [-0.39, 0.29) is 5.75 Å². The van der Waals surface area contributed by atoms with Crippen LogP contribution in [0.3, 0.4) is 0 Å². The van der Waals surface area contributed by atoms with E-state index in [4.69, 9.17) is 0 Å². The van der Waals surface area contributed by atoms with Crippen molar-refractivity contribution in [3.63, 3.8) is 0 Å². The van der Waals surface area contributed by atoms with Gasteiger partial charge >= 0.3 is 0 Å². The van der Waals surface area contributed by atoms with Gasteiger partial charge in [-0.3, -0.25) is 0 Å². The Balaban J connectivity index is 2.40. The molecule has 0 radical (unpaired) electrons. The van der Waals surface area contributed by atoms with Gasteiger partial charge in [0, 0.05) is 12.0 Å². The third-order valence-corrected chi connectivity index (χ3v) is 5.33. The highest BCUT2D eigenvalue weighted by molar-refractivity contribution is 7.90. The fourth-order valence-corrected chi connectivity index (χ4v) is 3.60. The van der Waals surface area contributed by atoms with E-state index in [2.05, 4.69) is 20.8 Å². The highest BCUT2D eigenvalue weighted by Crippen LogP contribution is 2.42. The summed E-state index contributed by atoms with van der Waals surface area (Å²) < 4.78 is 22.2. The number of hydrogen-bond donors (Lipinski definition) is 1. The molecule has 0 atom stereocenters. The molecule has 0 aliphatic heterocycles. The monoisotopic (exact) mass is 276 g/mol. The molecule has 0 bridgehead atoms. The van der Waals surface area contributed by atoms with E-state index in [1.807, 2.05) is 0 Å². The van der Waals surface area contributed by atoms with Gasteiger partial charge in [-0.05, 0) is 49.9 Å². The molecule has 1 N–H and O–H groups in total. The average molecular weight is 276 g/mol. The van der Waals surface area contributed by atoms with Gasteiger partial charge in [0.1, 0.15) is 9.84 Å². The lowest BCUT2D eigenvalue weighted by Gasteiger charge is -2.41. The number of sulfone groups is 1. The van der Waals surface area contributed by atoms with Crippen LogP contribution in [0.1, 0.15) is 59.3 Å². The average Bonchev–Trinajstić information content (AvgIpc) is 2.14. The molecular formula is C14H28O3S. The van der Waals surface area contributed by atoms with E-state index in [1.54, 1.807) is 0 Å². The van der Waals surface area contributed by atoms with Gasteiger partial charge in [-0.15, -0.1) is 0 Å². The van der Waals surface area contributed by atoms with Crippen molar-refractivity contribution in [1.82, 2.24) is 0 Å². The van der Waals surface area contributed by atoms with Gasteiger partial charge in [-0.2, -0.15) is 0 Å². The first-order valence-corrected chi connectivity index (χ1v) is 8.98. The minimum atomic E-state index is -2.90. The van der Waals surface area contributed by atoms with Crippen molar-refractivity contribution in [3.8, 4) is 0 Å². The van der Waals surface area contributed by atoms with Crippen LogP contribution >= 0.6 is 0 Å². The van der Waals surface area contributed by atoms with Crippen molar-refractivity contribution in [2.45, 2.75) is 64.9 Å². The fraction of sp³-hybridized carbons (Fsp3) is 1.00. The number of hydrogen-bond acceptors (Lipinski definition) is 3. The summed E-state index contributed by atoms with van der Waals surface area (Å²) in [6.45, 7) is 6.77. The molecule has 1 aliphatic carbocycles. The molecule has 1 saturated carbocycles. The molecule has 0 heterocycles. The molecular weight excluding hydrogens is 248 g/mol. The molecule has 1 aliphatic rings. The first-order chi connectivity index (χ1) is 8.02. The lowest BCUT2D eigenvalue weighted by molar-refractivity contribution is -0.0315. The second-order valence-electron chi connectivity index (χ2n) is 7.10. The maximum atomic E-state index is 11.1. The van der Waals surface area contributed by atoms with Crippen LogP contribution in [0.4, 0.5) is 0 Å². The Labute approximate surface area is 112 Å². The van der Waals surface area contributed by atoms with Crippen molar-refractivity contribution in [1.29, 1.82) is 0 Å². The summed E-state index contributed by atoms with van der Waals surface area (Å²) in [7, 11) is -2.90. The van der Waals surface area contributed by atoms with Gasteiger partial charge in [0.15, 0.2) is 0 Å². The molecule has 0 unspecified atom stereocenters. The van der Waals surface area contributed by atoms with Crippen molar-refractivity contribution in [2.24, 2.45) is 11.3 Å². The molecule has 0 saturated heterocycles.